The minimum Gasteiger partial charge on any atom is -0.395 e. The molecular weight excluding hydrogens is 200 g/mol. The zero-order valence-electron chi connectivity index (χ0n) is 9.47. The normalized spacial score (nSPS) is 26.1. The fourth-order valence-corrected chi connectivity index (χ4v) is 2.21. The molecule has 0 saturated heterocycles. The third-order valence-corrected chi connectivity index (χ3v) is 3.19. The van der Waals surface area contributed by atoms with Gasteiger partial charge in [0, 0.05) is 18.1 Å². The molecule has 0 heterocycles. The molecule has 1 fully saturated rings. The topological polar surface area (TPSA) is 58.3 Å². The molecule has 2 rings (SSSR count). The first-order chi connectivity index (χ1) is 7.78. The van der Waals surface area contributed by atoms with Crippen molar-refractivity contribution >= 4 is 0 Å². The van der Waals surface area contributed by atoms with Gasteiger partial charge in [0.05, 0.1) is 6.61 Å². The zero-order chi connectivity index (χ0) is 11.4. The van der Waals surface area contributed by atoms with Crippen LogP contribution < -0.4 is 11.1 Å². The van der Waals surface area contributed by atoms with Crippen molar-refractivity contribution in [2.24, 2.45) is 5.73 Å². The first kappa shape index (κ1) is 11.6. The molecule has 88 valence electrons. The van der Waals surface area contributed by atoms with Crippen LogP contribution in [-0.4, -0.2) is 29.8 Å². The summed E-state index contributed by atoms with van der Waals surface area (Å²) in [6, 6.07) is 11.3. The first-order valence-corrected chi connectivity index (χ1v) is 5.94. The van der Waals surface area contributed by atoms with E-state index in [9.17, 15) is 5.11 Å². The van der Waals surface area contributed by atoms with E-state index < -0.39 is 0 Å². The third kappa shape index (κ3) is 3.04. The van der Waals surface area contributed by atoms with Gasteiger partial charge in [-0.3, -0.25) is 0 Å². The monoisotopic (exact) mass is 220 g/mol. The number of hydrogen-bond donors (Lipinski definition) is 3. The van der Waals surface area contributed by atoms with E-state index in [1.807, 2.05) is 18.2 Å². The Labute approximate surface area is 96.7 Å². The maximum Gasteiger partial charge on any atom is 0.0587 e. The smallest absolute Gasteiger partial charge is 0.0587 e. The van der Waals surface area contributed by atoms with Crippen LogP contribution in [-0.2, 0) is 6.42 Å². The van der Waals surface area contributed by atoms with Gasteiger partial charge in [0.1, 0.15) is 0 Å². The summed E-state index contributed by atoms with van der Waals surface area (Å²) in [5.41, 5.74) is 7.00. The van der Waals surface area contributed by atoms with Crippen LogP contribution in [0.3, 0.4) is 0 Å². The molecule has 3 nitrogen and oxygen atoms in total. The molecule has 0 aliphatic heterocycles. The van der Waals surface area contributed by atoms with Crippen molar-refractivity contribution in [3.05, 3.63) is 35.9 Å². The lowest BCUT2D eigenvalue weighted by molar-refractivity contribution is 0.196. The van der Waals surface area contributed by atoms with E-state index in [0.29, 0.717) is 12.1 Å². The molecule has 3 heteroatoms. The molecule has 0 amide bonds. The van der Waals surface area contributed by atoms with Crippen molar-refractivity contribution in [2.75, 3.05) is 6.61 Å². The standard InChI is InChI=1S/C13H20N2O/c14-11-7-12(8-11)15-13(9-16)6-10-4-2-1-3-5-10/h1-5,11-13,15-16H,6-9,14H2. The van der Waals surface area contributed by atoms with Gasteiger partial charge in [-0.25, -0.2) is 0 Å². The summed E-state index contributed by atoms with van der Waals surface area (Å²) >= 11 is 0. The van der Waals surface area contributed by atoms with Crippen molar-refractivity contribution < 1.29 is 5.11 Å². The van der Waals surface area contributed by atoms with Gasteiger partial charge in [0.15, 0.2) is 0 Å². The number of aliphatic hydroxyl groups excluding tert-OH is 1. The number of nitrogens with two attached hydrogens (primary N) is 1. The van der Waals surface area contributed by atoms with E-state index in [4.69, 9.17) is 5.73 Å². The number of hydrogen-bond acceptors (Lipinski definition) is 3. The van der Waals surface area contributed by atoms with Crippen molar-refractivity contribution in [3.63, 3.8) is 0 Å². The highest BCUT2D eigenvalue weighted by molar-refractivity contribution is 5.16. The van der Waals surface area contributed by atoms with E-state index in [0.717, 1.165) is 19.3 Å². The highest BCUT2D eigenvalue weighted by atomic mass is 16.3. The van der Waals surface area contributed by atoms with Gasteiger partial charge in [-0.2, -0.15) is 0 Å². The lowest BCUT2D eigenvalue weighted by Crippen LogP contribution is -2.53. The Bertz CT molecular complexity index is 309. The Hall–Kier alpha value is -0.900. The SMILES string of the molecule is NC1CC(NC(CO)Cc2ccccc2)C1. The van der Waals surface area contributed by atoms with Crippen LogP contribution in [0, 0.1) is 0 Å². The van der Waals surface area contributed by atoms with Gasteiger partial charge in [-0.15, -0.1) is 0 Å². The van der Waals surface area contributed by atoms with Crippen LogP contribution in [0.4, 0.5) is 0 Å². The fourth-order valence-electron chi connectivity index (χ4n) is 2.21. The van der Waals surface area contributed by atoms with Crippen LogP contribution in [0.25, 0.3) is 0 Å². The van der Waals surface area contributed by atoms with Crippen LogP contribution in [0.5, 0.6) is 0 Å². The van der Waals surface area contributed by atoms with Gasteiger partial charge in [-0.1, -0.05) is 30.3 Å². The fraction of sp³-hybridized carbons (Fsp3) is 0.538. The van der Waals surface area contributed by atoms with Gasteiger partial charge < -0.3 is 16.2 Å². The summed E-state index contributed by atoms with van der Waals surface area (Å²) in [5, 5.41) is 12.8. The minimum absolute atomic E-state index is 0.153. The second-order valence-corrected chi connectivity index (χ2v) is 4.66. The van der Waals surface area contributed by atoms with Crippen molar-refractivity contribution in [2.45, 2.75) is 37.4 Å². The predicted molar refractivity (Wildman–Crippen MR) is 65.2 cm³/mol. The van der Waals surface area contributed by atoms with E-state index in [-0.39, 0.29) is 12.6 Å². The highest BCUT2D eigenvalue weighted by Crippen LogP contribution is 2.18. The highest BCUT2D eigenvalue weighted by Gasteiger charge is 2.27. The maximum absolute atomic E-state index is 9.33. The number of rotatable bonds is 5. The second-order valence-electron chi connectivity index (χ2n) is 4.66. The molecule has 1 aromatic rings. The molecular formula is C13H20N2O. The maximum atomic E-state index is 9.33. The Morgan fingerprint density at radius 2 is 2.00 bits per heavy atom. The molecule has 0 bridgehead atoms. The molecule has 16 heavy (non-hydrogen) atoms. The molecule has 1 aliphatic carbocycles. The van der Waals surface area contributed by atoms with Crippen LogP contribution in [0.2, 0.25) is 0 Å². The molecule has 1 aliphatic rings. The lowest BCUT2D eigenvalue weighted by atomic mass is 9.87. The third-order valence-electron chi connectivity index (χ3n) is 3.19. The summed E-state index contributed by atoms with van der Waals surface area (Å²) in [7, 11) is 0. The molecule has 4 N–H and O–H groups in total. The average Bonchev–Trinajstić information content (AvgIpc) is 2.27. The zero-order valence-corrected chi connectivity index (χ0v) is 9.47. The molecule has 0 aromatic heterocycles. The van der Waals surface area contributed by atoms with Gasteiger partial charge in [-0.05, 0) is 24.8 Å². The Kier molecular flexibility index (Phi) is 3.93. The molecule has 1 atom stereocenters. The molecule has 0 radical (unpaired) electrons. The first-order valence-electron chi connectivity index (χ1n) is 5.94. The summed E-state index contributed by atoms with van der Waals surface area (Å²) < 4.78 is 0. The predicted octanol–water partition coefficient (Wildman–Crippen LogP) is 0.669. The van der Waals surface area contributed by atoms with E-state index in [2.05, 4.69) is 17.4 Å². The average molecular weight is 220 g/mol. The van der Waals surface area contributed by atoms with Crippen LogP contribution in [0.1, 0.15) is 18.4 Å². The van der Waals surface area contributed by atoms with Gasteiger partial charge >= 0.3 is 0 Å². The van der Waals surface area contributed by atoms with Crippen molar-refractivity contribution in [1.82, 2.24) is 5.32 Å². The lowest BCUT2D eigenvalue weighted by Gasteiger charge is -2.36. The minimum atomic E-state index is 0.153. The largest absolute Gasteiger partial charge is 0.395 e. The van der Waals surface area contributed by atoms with Crippen molar-refractivity contribution in [1.29, 1.82) is 0 Å². The summed E-state index contributed by atoms with van der Waals surface area (Å²) in [5.74, 6) is 0. The van der Waals surface area contributed by atoms with E-state index >= 15 is 0 Å². The second kappa shape index (κ2) is 5.43. The quantitative estimate of drug-likeness (QED) is 0.683. The number of aliphatic hydroxyl groups is 1. The summed E-state index contributed by atoms with van der Waals surface area (Å²) in [6.07, 6.45) is 2.94. The van der Waals surface area contributed by atoms with Gasteiger partial charge in [0.2, 0.25) is 0 Å². The Morgan fingerprint density at radius 3 is 2.56 bits per heavy atom. The Morgan fingerprint density at radius 1 is 1.31 bits per heavy atom. The Balaban J connectivity index is 1.81. The molecule has 0 spiro atoms. The van der Waals surface area contributed by atoms with E-state index in [1.54, 1.807) is 0 Å². The van der Waals surface area contributed by atoms with Crippen molar-refractivity contribution in [3.8, 4) is 0 Å². The van der Waals surface area contributed by atoms with Crippen LogP contribution in [0.15, 0.2) is 30.3 Å². The summed E-state index contributed by atoms with van der Waals surface area (Å²) in [4.78, 5) is 0. The number of benzene rings is 1. The summed E-state index contributed by atoms with van der Waals surface area (Å²) in [6.45, 7) is 0.181. The van der Waals surface area contributed by atoms with E-state index in [1.165, 1.54) is 5.56 Å². The molecule has 1 saturated carbocycles. The molecule has 1 aromatic carbocycles. The molecule has 1 unspecified atom stereocenters. The van der Waals surface area contributed by atoms with Gasteiger partial charge in [0.25, 0.3) is 0 Å². The number of nitrogens with one attached hydrogen (secondary N) is 1. The van der Waals surface area contributed by atoms with Crippen LogP contribution >= 0.6 is 0 Å².